The van der Waals surface area contributed by atoms with Crippen LogP contribution in [0.4, 0.5) is 0 Å². The minimum absolute atomic E-state index is 0.0320. The molecule has 100 valence electrons. The van der Waals surface area contributed by atoms with Crippen LogP contribution in [-0.4, -0.2) is 12.1 Å². The molecule has 2 heteroatoms. The number of carbonyl (C=O) groups is 1. The van der Waals surface area contributed by atoms with Crippen molar-refractivity contribution in [1.82, 2.24) is 0 Å². The predicted octanol–water partition coefficient (Wildman–Crippen LogP) is 4.18. The second-order valence-corrected chi connectivity index (χ2v) is 6.48. The fourth-order valence-corrected chi connectivity index (χ4v) is 2.84. The maximum absolute atomic E-state index is 12.3. The van der Waals surface area contributed by atoms with Crippen LogP contribution < -0.4 is 0 Å². The maximum Gasteiger partial charge on any atom is 0.312 e. The molecule has 0 aromatic carbocycles. The normalized spacial score (nSPS) is 20.0. The summed E-state index contributed by atoms with van der Waals surface area (Å²) >= 11 is 0. The topological polar surface area (TPSA) is 26.3 Å². The molecule has 0 aromatic rings. The molecule has 0 N–H and O–H groups in total. The number of hydrogen-bond acceptors (Lipinski definition) is 2. The molecule has 0 amide bonds. The van der Waals surface area contributed by atoms with Gasteiger partial charge in [-0.3, -0.25) is 4.79 Å². The monoisotopic (exact) mass is 240 g/mol. The average Bonchev–Trinajstić information content (AvgIpc) is 2.25. The predicted molar refractivity (Wildman–Crippen MR) is 70.7 cm³/mol. The van der Waals surface area contributed by atoms with E-state index in [-0.39, 0.29) is 17.5 Å². The van der Waals surface area contributed by atoms with Gasteiger partial charge in [0.1, 0.15) is 6.10 Å². The molecular formula is C15H28O2. The van der Waals surface area contributed by atoms with E-state index in [1.54, 1.807) is 0 Å². The van der Waals surface area contributed by atoms with E-state index in [0.717, 1.165) is 12.8 Å². The van der Waals surface area contributed by atoms with Gasteiger partial charge in [-0.05, 0) is 31.6 Å². The Morgan fingerprint density at radius 2 is 1.47 bits per heavy atom. The Kier molecular flexibility index (Phi) is 5.03. The largest absolute Gasteiger partial charge is 0.461 e. The minimum atomic E-state index is -0.222. The van der Waals surface area contributed by atoms with Gasteiger partial charge in [-0.1, -0.05) is 47.0 Å². The Balaban J connectivity index is 2.63. The van der Waals surface area contributed by atoms with Gasteiger partial charge in [-0.15, -0.1) is 0 Å². The number of ether oxygens (including phenoxy) is 1. The summed E-state index contributed by atoms with van der Waals surface area (Å²) < 4.78 is 5.78. The lowest BCUT2D eigenvalue weighted by molar-refractivity contribution is -0.167. The van der Waals surface area contributed by atoms with Gasteiger partial charge in [0.15, 0.2) is 0 Å². The number of hydrogen-bond donors (Lipinski definition) is 0. The molecule has 17 heavy (non-hydrogen) atoms. The van der Waals surface area contributed by atoms with Crippen molar-refractivity contribution in [2.24, 2.45) is 17.3 Å². The Hall–Kier alpha value is -0.530. The Bertz CT molecular complexity index is 242. The molecule has 1 saturated carbocycles. The molecule has 1 fully saturated rings. The zero-order valence-electron chi connectivity index (χ0n) is 12.1. The zero-order valence-corrected chi connectivity index (χ0v) is 12.1. The van der Waals surface area contributed by atoms with Gasteiger partial charge in [0.2, 0.25) is 0 Å². The van der Waals surface area contributed by atoms with Crippen LogP contribution in [0.1, 0.15) is 66.7 Å². The van der Waals surface area contributed by atoms with Crippen LogP contribution in [0, 0.1) is 17.3 Å². The molecule has 0 bridgehead atoms. The molecule has 0 unspecified atom stereocenters. The van der Waals surface area contributed by atoms with Crippen molar-refractivity contribution in [1.29, 1.82) is 0 Å². The molecule has 0 spiro atoms. The first-order valence-electron chi connectivity index (χ1n) is 7.08. The molecular weight excluding hydrogens is 212 g/mol. The molecule has 0 saturated heterocycles. The lowest BCUT2D eigenvalue weighted by Gasteiger charge is -2.34. The van der Waals surface area contributed by atoms with Gasteiger partial charge in [0, 0.05) is 0 Å². The number of esters is 1. The highest BCUT2D eigenvalue weighted by Crippen LogP contribution is 2.37. The van der Waals surface area contributed by atoms with Crippen LogP contribution in [0.2, 0.25) is 0 Å². The quantitative estimate of drug-likeness (QED) is 0.689. The van der Waals surface area contributed by atoms with Crippen LogP contribution in [-0.2, 0) is 9.53 Å². The van der Waals surface area contributed by atoms with Crippen molar-refractivity contribution < 1.29 is 9.53 Å². The fraction of sp³-hybridized carbons (Fsp3) is 0.933. The molecule has 1 rings (SSSR count). The van der Waals surface area contributed by atoms with Gasteiger partial charge in [0.25, 0.3) is 0 Å². The molecule has 0 aromatic heterocycles. The highest BCUT2D eigenvalue weighted by Gasteiger charge is 2.38. The smallest absolute Gasteiger partial charge is 0.312 e. The number of carbonyl (C=O) groups excluding carboxylic acids is 1. The lowest BCUT2D eigenvalue weighted by atomic mass is 9.76. The van der Waals surface area contributed by atoms with E-state index in [4.69, 9.17) is 4.74 Å². The van der Waals surface area contributed by atoms with Crippen LogP contribution in [0.3, 0.4) is 0 Å². The highest BCUT2D eigenvalue weighted by atomic mass is 16.5. The van der Waals surface area contributed by atoms with Crippen molar-refractivity contribution >= 4 is 5.97 Å². The van der Waals surface area contributed by atoms with Crippen molar-refractivity contribution in [3.63, 3.8) is 0 Å². The molecule has 0 atom stereocenters. The zero-order chi connectivity index (χ0) is 13.1. The fourth-order valence-electron chi connectivity index (χ4n) is 2.84. The highest BCUT2D eigenvalue weighted by molar-refractivity contribution is 5.76. The van der Waals surface area contributed by atoms with Crippen LogP contribution >= 0.6 is 0 Å². The van der Waals surface area contributed by atoms with Crippen LogP contribution in [0.15, 0.2) is 0 Å². The van der Waals surface area contributed by atoms with Crippen LogP contribution in [0.5, 0.6) is 0 Å². The third-order valence-electron chi connectivity index (χ3n) is 4.01. The summed E-state index contributed by atoms with van der Waals surface area (Å²) in [4.78, 5) is 12.3. The Morgan fingerprint density at radius 1 is 1.00 bits per heavy atom. The minimum Gasteiger partial charge on any atom is -0.461 e. The van der Waals surface area contributed by atoms with E-state index in [9.17, 15) is 4.79 Å². The van der Waals surface area contributed by atoms with E-state index in [1.807, 2.05) is 0 Å². The molecule has 0 radical (unpaired) electrons. The van der Waals surface area contributed by atoms with Crippen molar-refractivity contribution in [3.05, 3.63) is 0 Å². The molecule has 0 heterocycles. The van der Waals surface area contributed by atoms with Gasteiger partial charge in [-0.25, -0.2) is 0 Å². The lowest BCUT2D eigenvalue weighted by Crippen LogP contribution is -2.38. The number of rotatable bonds is 4. The van der Waals surface area contributed by atoms with Crippen molar-refractivity contribution in [3.8, 4) is 0 Å². The summed E-state index contributed by atoms with van der Waals surface area (Å²) in [5.74, 6) is 0.821. The van der Waals surface area contributed by atoms with Gasteiger partial charge in [0.05, 0.1) is 5.41 Å². The average molecular weight is 240 g/mol. The maximum atomic E-state index is 12.3. The first-order chi connectivity index (χ1) is 7.87. The van der Waals surface area contributed by atoms with Gasteiger partial charge in [-0.2, -0.15) is 0 Å². The second kappa shape index (κ2) is 5.88. The third kappa shape index (κ3) is 3.72. The molecule has 1 aliphatic rings. The standard InChI is InChI=1S/C15H28O2/c1-11(2)13(12(3)4)17-14(16)15(5)9-7-6-8-10-15/h11-13H,6-10H2,1-5H3. The summed E-state index contributed by atoms with van der Waals surface area (Å²) in [6.45, 7) is 10.6. The summed E-state index contributed by atoms with van der Waals surface area (Å²) in [7, 11) is 0. The van der Waals surface area contributed by atoms with Gasteiger partial charge < -0.3 is 4.74 Å². The summed E-state index contributed by atoms with van der Waals surface area (Å²) in [6.07, 6.45) is 5.64. The molecule has 2 nitrogen and oxygen atoms in total. The first-order valence-corrected chi connectivity index (χ1v) is 7.08. The van der Waals surface area contributed by atoms with Crippen molar-refractivity contribution in [2.45, 2.75) is 72.8 Å². The molecule has 1 aliphatic carbocycles. The summed E-state index contributed by atoms with van der Waals surface area (Å²) in [5.41, 5.74) is -0.222. The SMILES string of the molecule is CC(C)C(OC(=O)C1(C)CCCCC1)C(C)C. The van der Waals surface area contributed by atoms with E-state index in [2.05, 4.69) is 34.6 Å². The summed E-state index contributed by atoms with van der Waals surface area (Å²) in [6, 6.07) is 0. The Morgan fingerprint density at radius 3 is 1.88 bits per heavy atom. The van der Waals surface area contributed by atoms with Gasteiger partial charge >= 0.3 is 5.97 Å². The van der Waals surface area contributed by atoms with E-state index in [1.165, 1.54) is 19.3 Å². The van der Waals surface area contributed by atoms with Crippen LogP contribution in [0.25, 0.3) is 0 Å². The molecule has 0 aliphatic heterocycles. The second-order valence-electron chi connectivity index (χ2n) is 6.48. The third-order valence-corrected chi connectivity index (χ3v) is 4.01. The van der Waals surface area contributed by atoms with E-state index < -0.39 is 0 Å². The Labute approximate surface area is 106 Å². The van der Waals surface area contributed by atoms with Crippen molar-refractivity contribution in [2.75, 3.05) is 0 Å². The first kappa shape index (κ1) is 14.5. The van der Waals surface area contributed by atoms with E-state index in [0.29, 0.717) is 11.8 Å². The summed E-state index contributed by atoms with van der Waals surface area (Å²) in [5, 5.41) is 0. The van der Waals surface area contributed by atoms with E-state index >= 15 is 0 Å².